The highest BCUT2D eigenvalue weighted by atomic mass is 79.9. The molecular weight excluding hydrogens is 344 g/mol. The summed E-state index contributed by atoms with van der Waals surface area (Å²) in [5.74, 6) is 0.222. The molecule has 0 unspecified atom stereocenters. The van der Waals surface area contributed by atoms with Gasteiger partial charge in [0.05, 0.1) is 6.21 Å². The van der Waals surface area contributed by atoms with E-state index in [-0.39, 0.29) is 5.91 Å². The Labute approximate surface area is 136 Å². The highest BCUT2D eigenvalue weighted by molar-refractivity contribution is 9.12. The van der Waals surface area contributed by atoms with Gasteiger partial charge in [-0.25, -0.2) is 5.43 Å². The third-order valence-corrected chi connectivity index (χ3v) is 3.74. The zero-order valence-electron chi connectivity index (χ0n) is 11.8. The number of hydrogen-bond acceptors (Lipinski definition) is 3. The summed E-state index contributed by atoms with van der Waals surface area (Å²) in [7, 11) is 0. The molecule has 1 aromatic carbocycles. The van der Waals surface area contributed by atoms with E-state index in [9.17, 15) is 4.79 Å². The van der Waals surface area contributed by atoms with Crippen molar-refractivity contribution >= 4 is 34.1 Å². The Bertz CT molecular complexity index is 717. The lowest BCUT2D eigenvalue weighted by molar-refractivity contribution is 0.0950. The highest BCUT2D eigenvalue weighted by Gasteiger charge is 2.26. The van der Waals surface area contributed by atoms with Crippen LogP contribution >= 0.6 is 15.9 Å². The van der Waals surface area contributed by atoms with Crippen LogP contribution in [0.1, 0.15) is 40.5 Å². The largest absolute Gasteiger partial charge is 0.291 e. The third-order valence-electron chi connectivity index (χ3n) is 3.31. The van der Waals surface area contributed by atoms with Gasteiger partial charge in [-0.05, 0) is 46.5 Å². The summed E-state index contributed by atoms with van der Waals surface area (Å²) < 4.78 is 0.764. The van der Waals surface area contributed by atoms with Crippen molar-refractivity contribution in [3.63, 3.8) is 0 Å². The zero-order chi connectivity index (χ0) is 15.4. The number of halogens is 1. The molecule has 0 spiro atoms. The molecule has 3 rings (SSSR count). The number of carbonyl (C=O) groups is 1. The van der Waals surface area contributed by atoms with Crippen LogP contribution in [0.5, 0.6) is 0 Å². The van der Waals surface area contributed by atoms with E-state index in [1.54, 1.807) is 12.3 Å². The van der Waals surface area contributed by atoms with Crippen molar-refractivity contribution in [1.29, 1.82) is 0 Å². The van der Waals surface area contributed by atoms with E-state index in [1.807, 2.05) is 36.4 Å². The summed E-state index contributed by atoms with van der Waals surface area (Å²) in [6, 6.07) is 11.6. The predicted molar refractivity (Wildman–Crippen MR) is 89.9 cm³/mol. The van der Waals surface area contributed by atoms with Gasteiger partial charge in [-0.1, -0.05) is 30.3 Å². The molecule has 2 N–H and O–H groups in total. The molecule has 1 fully saturated rings. The van der Waals surface area contributed by atoms with Crippen LogP contribution in [0.15, 0.2) is 46.0 Å². The zero-order valence-corrected chi connectivity index (χ0v) is 13.4. The predicted octanol–water partition coefficient (Wildman–Crippen LogP) is 3.44. The number of nitrogens with one attached hydrogen (secondary N) is 2. The quantitative estimate of drug-likeness (QED) is 0.634. The van der Waals surface area contributed by atoms with Crippen LogP contribution in [0.4, 0.5) is 0 Å². The minimum absolute atomic E-state index is 0.320. The molecule has 0 bridgehead atoms. The number of nitrogens with zero attached hydrogens (tertiary/aromatic N) is 2. The van der Waals surface area contributed by atoms with Crippen molar-refractivity contribution in [2.45, 2.75) is 18.8 Å². The number of hydrogen-bond donors (Lipinski definition) is 2. The summed E-state index contributed by atoms with van der Waals surface area (Å²) >= 11 is 3.39. The van der Waals surface area contributed by atoms with Gasteiger partial charge in [0.25, 0.3) is 5.91 Å². The number of benzene rings is 1. The van der Waals surface area contributed by atoms with E-state index in [2.05, 4.69) is 36.7 Å². The summed E-state index contributed by atoms with van der Waals surface area (Å²) in [6.07, 6.45) is 5.78. The van der Waals surface area contributed by atoms with E-state index in [0.29, 0.717) is 11.6 Å². The summed E-state index contributed by atoms with van der Waals surface area (Å²) in [5, 5.41) is 10.8. The lowest BCUT2D eigenvalue weighted by Crippen LogP contribution is -2.17. The molecule has 1 heterocycles. The third kappa shape index (κ3) is 3.92. The molecule has 1 aliphatic carbocycles. The molecule has 2 aromatic rings. The molecule has 112 valence electrons. The van der Waals surface area contributed by atoms with E-state index in [1.165, 1.54) is 12.8 Å². The summed E-state index contributed by atoms with van der Waals surface area (Å²) in [6.45, 7) is 0. The second kappa shape index (κ2) is 6.70. The highest BCUT2D eigenvalue weighted by Crippen LogP contribution is 2.38. The van der Waals surface area contributed by atoms with Gasteiger partial charge in [-0.2, -0.15) is 10.2 Å². The van der Waals surface area contributed by atoms with Crippen LogP contribution in [0.2, 0.25) is 0 Å². The minimum atomic E-state index is -0.320. The molecular formula is C16H15BrN4O. The van der Waals surface area contributed by atoms with E-state index in [0.717, 1.165) is 15.7 Å². The van der Waals surface area contributed by atoms with Crippen molar-refractivity contribution in [3.8, 4) is 0 Å². The van der Waals surface area contributed by atoms with Crippen LogP contribution in [0, 0.1) is 0 Å². The normalized spacial score (nSPS) is 15.2. The van der Waals surface area contributed by atoms with Gasteiger partial charge in [0.2, 0.25) is 0 Å². The van der Waals surface area contributed by atoms with Gasteiger partial charge in [0, 0.05) is 16.1 Å². The molecule has 6 heteroatoms. The summed E-state index contributed by atoms with van der Waals surface area (Å²) in [5.41, 5.74) is 4.91. The van der Waals surface area contributed by atoms with Crippen LogP contribution in [0.25, 0.3) is 6.08 Å². The number of rotatable bonds is 5. The van der Waals surface area contributed by atoms with Crippen molar-refractivity contribution in [1.82, 2.24) is 15.6 Å². The van der Waals surface area contributed by atoms with Crippen LogP contribution in [-0.2, 0) is 0 Å². The van der Waals surface area contributed by atoms with Crippen LogP contribution < -0.4 is 5.43 Å². The average molecular weight is 359 g/mol. The summed E-state index contributed by atoms with van der Waals surface area (Å²) in [4.78, 5) is 11.9. The fourth-order valence-corrected chi connectivity index (χ4v) is 2.38. The first kappa shape index (κ1) is 14.7. The molecule has 0 atom stereocenters. The fourth-order valence-electron chi connectivity index (χ4n) is 2.01. The van der Waals surface area contributed by atoms with E-state index < -0.39 is 0 Å². The van der Waals surface area contributed by atoms with Crippen molar-refractivity contribution in [2.24, 2.45) is 5.10 Å². The Hall–Kier alpha value is -2.21. The van der Waals surface area contributed by atoms with Gasteiger partial charge in [0.1, 0.15) is 0 Å². The van der Waals surface area contributed by atoms with E-state index >= 15 is 0 Å². The minimum Gasteiger partial charge on any atom is -0.281 e. The monoisotopic (exact) mass is 358 g/mol. The van der Waals surface area contributed by atoms with Crippen LogP contribution in [-0.4, -0.2) is 22.3 Å². The number of allylic oxidation sites excluding steroid dienone is 1. The van der Waals surface area contributed by atoms with Gasteiger partial charge < -0.3 is 0 Å². The molecule has 22 heavy (non-hydrogen) atoms. The van der Waals surface area contributed by atoms with Gasteiger partial charge in [-0.15, -0.1) is 0 Å². The second-order valence-electron chi connectivity index (χ2n) is 5.12. The Kier molecular flexibility index (Phi) is 4.48. The van der Waals surface area contributed by atoms with Crippen molar-refractivity contribution < 1.29 is 4.79 Å². The molecule has 1 aliphatic rings. The number of aromatic nitrogens is 2. The standard InChI is InChI=1S/C16H15BrN4O/c17-13(8-11-4-2-1-3-5-11)10-18-21-16(22)15-9-14(19-20-15)12-6-7-12/h1-5,8-10,12H,6-7H2,(H,19,20)(H,21,22)/b13-8-,18-10+. The first-order valence-electron chi connectivity index (χ1n) is 7.03. The first-order valence-corrected chi connectivity index (χ1v) is 7.82. The Balaban J connectivity index is 1.56. The molecule has 1 saturated carbocycles. The van der Waals surface area contributed by atoms with Crippen molar-refractivity contribution in [3.05, 3.63) is 57.8 Å². The topological polar surface area (TPSA) is 70.1 Å². The average Bonchev–Trinajstić information content (AvgIpc) is 3.25. The Morgan fingerprint density at radius 2 is 2.14 bits per heavy atom. The lowest BCUT2D eigenvalue weighted by Gasteiger charge is -1.95. The maximum Gasteiger partial charge on any atom is 0.291 e. The molecule has 1 amide bonds. The molecule has 0 saturated heterocycles. The number of hydrazone groups is 1. The van der Waals surface area contributed by atoms with E-state index in [4.69, 9.17) is 0 Å². The van der Waals surface area contributed by atoms with Gasteiger partial charge in [0.15, 0.2) is 5.69 Å². The van der Waals surface area contributed by atoms with Gasteiger partial charge in [-0.3, -0.25) is 9.89 Å². The smallest absolute Gasteiger partial charge is 0.281 e. The number of carbonyl (C=O) groups excluding carboxylic acids is 1. The van der Waals surface area contributed by atoms with Crippen LogP contribution in [0.3, 0.4) is 0 Å². The molecule has 0 aliphatic heterocycles. The molecule has 1 aromatic heterocycles. The lowest BCUT2D eigenvalue weighted by atomic mass is 10.2. The Morgan fingerprint density at radius 1 is 1.36 bits per heavy atom. The second-order valence-corrected chi connectivity index (χ2v) is 6.04. The molecule has 0 radical (unpaired) electrons. The maximum atomic E-state index is 11.9. The number of aromatic amines is 1. The number of amides is 1. The number of H-pyrrole nitrogens is 1. The van der Waals surface area contributed by atoms with Gasteiger partial charge >= 0.3 is 0 Å². The fraction of sp³-hybridized carbons (Fsp3) is 0.188. The Morgan fingerprint density at radius 3 is 2.86 bits per heavy atom. The molecule has 5 nitrogen and oxygen atoms in total. The SMILES string of the molecule is O=C(N/N=C/C(Br)=C/c1ccccc1)c1cc(C2CC2)[nH]n1. The van der Waals surface area contributed by atoms with Crippen molar-refractivity contribution in [2.75, 3.05) is 0 Å². The maximum absolute atomic E-state index is 11.9. The first-order chi connectivity index (χ1) is 10.7.